The highest BCUT2D eigenvalue weighted by Gasteiger charge is 1.98. The van der Waals surface area contributed by atoms with Crippen LogP contribution in [0.2, 0.25) is 0 Å². The second-order valence-corrected chi connectivity index (χ2v) is 3.77. The summed E-state index contributed by atoms with van der Waals surface area (Å²) < 4.78 is 22.6. The van der Waals surface area contributed by atoms with E-state index in [1.54, 1.807) is 6.92 Å². The van der Waals surface area contributed by atoms with Crippen LogP contribution in [0.1, 0.15) is 6.92 Å². The Hall–Kier alpha value is 0.340. The van der Waals surface area contributed by atoms with Crippen molar-refractivity contribution in [2.45, 2.75) is 6.92 Å². The minimum absolute atomic E-state index is 0.135. The third-order valence-electron chi connectivity index (χ3n) is 0.560. The molecule has 5 heteroatoms. The molecule has 1 unspecified atom stereocenters. The van der Waals surface area contributed by atoms with Crippen molar-refractivity contribution in [2.75, 3.05) is 5.75 Å². The Morgan fingerprint density at radius 2 is 2.14 bits per heavy atom. The molecule has 0 aromatic heterocycles. The molecule has 0 saturated carbocycles. The second kappa shape index (κ2) is 2.60. The fourth-order valence-electron chi connectivity index (χ4n) is 0.0833. The second-order valence-electron chi connectivity index (χ2n) is 1.02. The van der Waals surface area contributed by atoms with Crippen LogP contribution in [0.15, 0.2) is 0 Å². The van der Waals surface area contributed by atoms with Gasteiger partial charge in [-0.2, -0.15) is 4.49 Å². The monoisotopic (exact) mass is 141 g/mol. The third kappa shape index (κ3) is 2.97. The van der Waals surface area contributed by atoms with E-state index in [0.717, 1.165) is 0 Å². The van der Waals surface area contributed by atoms with E-state index in [2.05, 4.69) is 4.49 Å². The van der Waals surface area contributed by atoms with Crippen LogP contribution in [0.25, 0.3) is 0 Å². The highest BCUT2D eigenvalue weighted by atomic mass is 32.2. The van der Waals surface area contributed by atoms with Gasteiger partial charge in [-0.15, -0.1) is 0 Å². The lowest BCUT2D eigenvalue weighted by molar-refractivity contribution is 0.596. The molecule has 44 valence electrons. The summed E-state index contributed by atoms with van der Waals surface area (Å²) in [5.41, 5.74) is 0. The van der Waals surface area contributed by atoms with Crippen molar-refractivity contribution in [3.63, 3.8) is 0 Å². The van der Waals surface area contributed by atoms with Crippen molar-refractivity contribution >= 4 is 19.4 Å². The molecule has 0 aliphatic heterocycles. The van der Waals surface area contributed by atoms with Crippen molar-refractivity contribution in [1.82, 2.24) is 4.49 Å². The van der Waals surface area contributed by atoms with Gasteiger partial charge < -0.3 is 0 Å². The zero-order chi connectivity index (χ0) is 5.91. The van der Waals surface area contributed by atoms with Gasteiger partial charge in [-0.1, -0.05) is 9.39 Å². The van der Waals surface area contributed by atoms with Crippen molar-refractivity contribution in [3.8, 4) is 0 Å². The summed E-state index contributed by atoms with van der Waals surface area (Å²) in [6, 6.07) is 0. The standard InChI is InChI=1S/C2H8NO2PS/c1-2-7(4,5)3-6/h3H,2,6H2,1H3. The number of hydrogen-bond donors (Lipinski definition) is 1. The predicted molar refractivity (Wildman–Crippen MR) is 32.3 cm³/mol. The van der Waals surface area contributed by atoms with E-state index >= 15 is 0 Å². The van der Waals surface area contributed by atoms with Gasteiger partial charge in [0.25, 0.3) is 0 Å². The highest BCUT2D eigenvalue weighted by Crippen LogP contribution is 1.83. The predicted octanol–water partition coefficient (Wildman–Crippen LogP) is -0.284. The maximum atomic E-state index is 10.2. The zero-order valence-corrected chi connectivity index (χ0v) is 5.98. The van der Waals surface area contributed by atoms with Gasteiger partial charge in [0.2, 0.25) is 10.0 Å². The Morgan fingerprint density at radius 3 is 2.14 bits per heavy atom. The first-order valence-corrected chi connectivity index (χ1v) is 4.05. The molecule has 0 radical (unpaired) electrons. The summed E-state index contributed by atoms with van der Waals surface area (Å²) in [6.45, 7) is 1.58. The Balaban J connectivity index is 3.89. The maximum Gasteiger partial charge on any atom is 0.214 e. The van der Waals surface area contributed by atoms with Gasteiger partial charge in [-0.3, -0.25) is 0 Å². The lowest BCUT2D eigenvalue weighted by Crippen LogP contribution is -2.14. The van der Waals surface area contributed by atoms with E-state index in [4.69, 9.17) is 0 Å². The molecule has 7 heavy (non-hydrogen) atoms. The van der Waals surface area contributed by atoms with Gasteiger partial charge in [0, 0.05) is 0 Å². The molecule has 0 aromatic carbocycles. The summed E-state index contributed by atoms with van der Waals surface area (Å²) in [6.07, 6.45) is 0. The lowest BCUT2D eigenvalue weighted by atomic mass is 11.0. The number of nitrogens with one attached hydrogen (secondary N) is 1. The van der Waals surface area contributed by atoms with Crippen LogP contribution in [0.4, 0.5) is 0 Å². The van der Waals surface area contributed by atoms with Crippen LogP contribution in [0, 0.1) is 0 Å². The molecule has 1 N–H and O–H groups in total. The van der Waals surface area contributed by atoms with Gasteiger partial charge in [-0.25, -0.2) is 8.42 Å². The molecule has 1 atom stereocenters. The molecule has 0 fully saturated rings. The van der Waals surface area contributed by atoms with Crippen LogP contribution in [0.3, 0.4) is 0 Å². The van der Waals surface area contributed by atoms with Gasteiger partial charge in [0.15, 0.2) is 0 Å². The first-order valence-electron chi connectivity index (χ1n) is 1.82. The molecule has 3 nitrogen and oxygen atoms in total. The molecule has 0 aliphatic carbocycles. The van der Waals surface area contributed by atoms with Gasteiger partial charge in [0.05, 0.1) is 5.75 Å². The van der Waals surface area contributed by atoms with Crippen molar-refractivity contribution < 1.29 is 8.42 Å². The van der Waals surface area contributed by atoms with E-state index < -0.39 is 10.0 Å². The van der Waals surface area contributed by atoms with Crippen molar-refractivity contribution in [2.24, 2.45) is 0 Å². The minimum atomic E-state index is -2.94. The fraction of sp³-hybridized carbons (Fsp3) is 1.00. The average molecular weight is 141 g/mol. The van der Waals surface area contributed by atoms with Gasteiger partial charge >= 0.3 is 0 Å². The molecule has 0 bridgehead atoms. The van der Waals surface area contributed by atoms with Crippen LogP contribution < -0.4 is 4.49 Å². The van der Waals surface area contributed by atoms with Crippen molar-refractivity contribution in [1.29, 1.82) is 0 Å². The first-order chi connectivity index (χ1) is 3.12. The summed E-state index contributed by atoms with van der Waals surface area (Å²) in [4.78, 5) is 0. The van der Waals surface area contributed by atoms with E-state index in [0.29, 0.717) is 0 Å². The molecular weight excluding hydrogens is 133 g/mol. The molecule has 0 aliphatic rings. The van der Waals surface area contributed by atoms with Gasteiger partial charge in [0.1, 0.15) is 0 Å². The summed E-state index contributed by atoms with van der Waals surface area (Å²) in [5.74, 6) is 0.135. The van der Waals surface area contributed by atoms with E-state index in [9.17, 15) is 8.42 Å². The summed E-state index contributed by atoms with van der Waals surface area (Å²) in [7, 11) is -1.01. The molecule has 0 spiro atoms. The molecule has 0 heterocycles. The van der Waals surface area contributed by atoms with Crippen LogP contribution in [-0.4, -0.2) is 14.2 Å². The SMILES string of the molecule is CCS(=O)(=O)NP. The Morgan fingerprint density at radius 1 is 1.71 bits per heavy atom. The molecule has 0 amide bonds. The van der Waals surface area contributed by atoms with Crippen LogP contribution in [-0.2, 0) is 10.0 Å². The Bertz CT molecular complexity index is 119. The highest BCUT2D eigenvalue weighted by molar-refractivity contribution is 7.92. The van der Waals surface area contributed by atoms with E-state index in [1.807, 2.05) is 9.39 Å². The Kier molecular flexibility index (Phi) is 2.73. The molecular formula is C2H8NO2PS. The summed E-state index contributed by atoms with van der Waals surface area (Å²) in [5, 5.41) is 0. The molecule has 0 rings (SSSR count). The normalized spacial score (nSPS) is 11.7. The summed E-state index contributed by atoms with van der Waals surface area (Å²) >= 11 is 0. The average Bonchev–Trinajstić information content (AvgIpc) is 1.68. The smallest absolute Gasteiger partial charge is 0.212 e. The van der Waals surface area contributed by atoms with Crippen molar-refractivity contribution in [3.05, 3.63) is 0 Å². The quantitative estimate of drug-likeness (QED) is 0.537. The largest absolute Gasteiger partial charge is 0.214 e. The molecule has 0 saturated heterocycles. The third-order valence-corrected chi connectivity index (χ3v) is 2.76. The van der Waals surface area contributed by atoms with E-state index in [-0.39, 0.29) is 5.75 Å². The molecule has 0 aromatic rings. The lowest BCUT2D eigenvalue weighted by Gasteiger charge is -1.91. The van der Waals surface area contributed by atoms with Crippen LogP contribution >= 0.6 is 9.39 Å². The zero-order valence-electron chi connectivity index (χ0n) is 4.01. The number of hydrogen-bond acceptors (Lipinski definition) is 2. The fourth-order valence-corrected chi connectivity index (χ4v) is 0.750. The maximum absolute atomic E-state index is 10.2. The Labute approximate surface area is 45.8 Å². The number of sulfonamides is 1. The van der Waals surface area contributed by atoms with Crippen LogP contribution in [0.5, 0.6) is 0 Å². The van der Waals surface area contributed by atoms with Gasteiger partial charge in [-0.05, 0) is 6.92 Å². The minimum Gasteiger partial charge on any atom is -0.212 e. The number of rotatable bonds is 2. The topological polar surface area (TPSA) is 46.2 Å². The first kappa shape index (κ1) is 7.34. The van der Waals surface area contributed by atoms with E-state index in [1.165, 1.54) is 0 Å².